The fraction of sp³-hybridized carbons (Fsp3) is 0.778. The van der Waals surface area contributed by atoms with Gasteiger partial charge in [0.05, 0.1) is 5.54 Å². The summed E-state index contributed by atoms with van der Waals surface area (Å²) in [6.45, 7) is 7.11. The van der Waals surface area contributed by atoms with Gasteiger partial charge in [0, 0.05) is 6.54 Å². The summed E-state index contributed by atoms with van der Waals surface area (Å²) >= 11 is 0. The SMILES string of the molecule is CCn1cnnc1C(N)(CC)CC. The standard InChI is InChI=1S/C9H18N4/c1-4-9(10,5-2)8-12-11-7-13(8)6-3/h7H,4-6,10H2,1-3H3. The minimum absolute atomic E-state index is 0.313. The molecule has 1 rings (SSSR count). The van der Waals surface area contributed by atoms with Crippen LogP contribution < -0.4 is 5.73 Å². The van der Waals surface area contributed by atoms with Gasteiger partial charge in [-0.3, -0.25) is 0 Å². The molecule has 0 aliphatic heterocycles. The highest BCUT2D eigenvalue weighted by Gasteiger charge is 2.28. The predicted molar refractivity (Wildman–Crippen MR) is 52.1 cm³/mol. The van der Waals surface area contributed by atoms with E-state index >= 15 is 0 Å². The molecule has 0 aromatic carbocycles. The Morgan fingerprint density at radius 2 is 2.00 bits per heavy atom. The van der Waals surface area contributed by atoms with E-state index in [1.54, 1.807) is 6.33 Å². The molecule has 1 heterocycles. The van der Waals surface area contributed by atoms with E-state index in [1.807, 2.05) is 4.57 Å². The Kier molecular flexibility index (Phi) is 3.03. The number of hydrogen-bond acceptors (Lipinski definition) is 3. The summed E-state index contributed by atoms with van der Waals surface area (Å²) < 4.78 is 2.01. The van der Waals surface area contributed by atoms with Crippen LogP contribution in [0.1, 0.15) is 39.4 Å². The molecule has 4 nitrogen and oxygen atoms in total. The van der Waals surface area contributed by atoms with Crippen molar-refractivity contribution in [3.63, 3.8) is 0 Å². The zero-order chi connectivity index (χ0) is 9.90. The van der Waals surface area contributed by atoms with E-state index in [0.29, 0.717) is 0 Å². The van der Waals surface area contributed by atoms with Crippen LogP contribution >= 0.6 is 0 Å². The third-order valence-corrected chi connectivity index (χ3v) is 2.66. The topological polar surface area (TPSA) is 56.7 Å². The number of aromatic nitrogens is 3. The molecule has 0 bridgehead atoms. The number of hydrogen-bond donors (Lipinski definition) is 1. The molecule has 0 fully saturated rings. The lowest BCUT2D eigenvalue weighted by Crippen LogP contribution is -2.38. The summed E-state index contributed by atoms with van der Waals surface area (Å²) in [7, 11) is 0. The second-order valence-electron chi connectivity index (χ2n) is 3.30. The number of rotatable bonds is 4. The number of aryl methyl sites for hydroxylation is 1. The molecular weight excluding hydrogens is 164 g/mol. The van der Waals surface area contributed by atoms with Crippen LogP contribution in [0.3, 0.4) is 0 Å². The second-order valence-corrected chi connectivity index (χ2v) is 3.30. The lowest BCUT2D eigenvalue weighted by atomic mass is 9.93. The molecule has 0 aliphatic carbocycles. The van der Waals surface area contributed by atoms with Crippen LogP contribution in [0.5, 0.6) is 0 Å². The van der Waals surface area contributed by atoms with Crippen molar-refractivity contribution in [2.24, 2.45) is 5.73 Å². The van der Waals surface area contributed by atoms with Gasteiger partial charge in [-0.25, -0.2) is 0 Å². The van der Waals surface area contributed by atoms with E-state index in [2.05, 4.69) is 31.0 Å². The predicted octanol–water partition coefficient (Wildman–Crippen LogP) is 1.27. The van der Waals surface area contributed by atoms with Crippen molar-refractivity contribution in [3.05, 3.63) is 12.2 Å². The van der Waals surface area contributed by atoms with E-state index in [-0.39, 0.29) is 5.54 Å². The molecule has 0 atom stereocenters. The summed E-state index contributed by atoms with van der Waals surface area (Å²) in [5.74, 6) is 0.903. The number of nitrogens with two attached hydrogens (primary N) is 1. The highest BCUT2D eigenvalue weighted by Crippen LogP contribution is 2.23. The lowest BCUT2D eigenvalue weighted by molar-refractivity contribution is 0.370. The second kappa shape index (κ2) is 3.87. The van der Waals surface area contributed by atoms with Gasteiger partial charge in [0.15, 0.2) is 5.82 Å². The lowest BCUT2D eigenvalue weighted by Gasteiger charge is -2.25. The van der Waals surface area contributed by atoms with Crippen molar-refractivity contribution in [1.29, 1.82) is 0 Å². The minimum atomic E-state index is -0.313. The first-order valence-electron chi connectivity index (χ1n) is 4.85. The van der Waals surface area contributed by atoms with Gasteiger partial charge in [0.1, 0.15) is 6.33 Å². The molecule has 0 saturated heterocycles. The van der Waals surface area contributed by atoms with Crippen molar-refractivity contribution < 1.29 is 0 Å². The monoisotopic (exact) mass is 182 g/mol. The molecular formula is C9H18N4. The average molecular weight is 182 g/mol. The van der Waals surface area contributed by atoms with Gasteiger partial charge in [0.25, 0.3) is 0 Å². The molecule has 0 amide bonds. The molecule has 0 aliphatic rings. The molecule has 0 radical (unpaired) electrons. The third-order valence-electron chi connectivity index (χ3n) is 2.66. The van der Waals surface area contributed by atoms with Gasteiger partial charge in [-0.05, 0) is 19.8 Å². The Hall–Kier alpha value is -0.900. The Morgan fingerprint density at radius 1 is 1.38 bits per heavy atom. The Labute approximate surface area is 79.2 Å². The minimum Gasteiger partial charge on any atom is -0.319 e. The Balaban J connectivity index is 3.03. The highest BCUT2D eigenvalue weighted by molar-refractivity contribution is 5.03. The first-order valence-corrected chi connectivity index (χ1v) is 4.85. The van der Waals surface area contributed by atoms with Crippen LogP contribution in [0.2, 0.25) is 0 Å². The maximum absolute atomic E-state index is 6.22. The molecule has 1 aromatic rings. The fourth-order valence-electron chi connectivity index (χ4n) is 1.44. The molecule has 0 spiro atoms. The van der Waals surface area contributed by atoms with Crippen molar-refractivity contribution >= 4 is 0 Å². The van der Waals surface area contributed by atoms with Gasteiger partial charge >= 0.3 is 0 Å². The van der Waals surface area contributed by atoms with E-state index in [9.17, 15) is 0 Å². The normalized spacial score (nSPS) is 12.0. The Morgan fingerprint density at radius 3 is 2.46 bits per heavy atom. The van der Waals surface area contributed by atoms with Crippen molar-refractivity contribution in [2.45, 2.75) is 45.7 Å². The van der Waals surface area contributed by atoms with Crippen LogP contribution in [0.25, 0.3) is 0 Å². The molecule has 0 unspecified atom stereocenters. The van der Waals surface area contributed by atoms with Gasteiger partial charge in [-0.2, -0.15) is 0 Å². The van der Waals surface area contributed by atoms with Crippen LogP contribution in [-0.2, 0) is 12.1 Å². The van der Waals surface area contributed by atoms with Crippen LogP contribution in [0.4, 0.5) is 0 Å². The van der Waals surface area contributed by atoms with Gasteiger partial charge in [-0.1, -0.05) is 13.8 Å². The molecule has 0 saturated carbocycles. The molecule has 13 heavy (non-hydrogen) atoms. The van der Waals surface area contributed by atoms with E-state index < -0.39 is 0 Å². The fourth-order valence-corrected chi connectivity index (χ4v) is 1.44. The quantitative estimate of drug-likeness (QED) is 0.763. The summed E-state index contributed by atoms with van der Waals surface area (Å²) in [5, 5.41) is 7.98. The van der Waals surface area contributed by atoms with Gasteiger partial charge in [-0.15, -0.1) is 10.2 Å². The Bertz CT molecular complexity index is 262. The molecule has 4 heteroatoms. The van der Waals surface area contributed by atoms with Crippen molar-refractivity contribution in [2.75, 3.05) is 0 Å². The van der Waals surface area contributed by atoms with Crippen LogP contribution in [-0.4, -0.2) is 14.8 Å². The van der Waals surface area contributed by atoms with Gasteiger partial charge in [0.2, 0.25) is 0 Å². The first-order chi connectivity index (χ1) is 6.18. The molecule has 74 valence electrons. The number of nitrogens with zero attached hydrogens (tertiary/aromatic N) is 3. The molecule has 2 N–H and O–H groups in total. The maximum atomic E-state index is 6.22. The summed E-state index contributed by atoms with van der Waals surface area (Å²) in [6.07, 6.45) is 3.52. The largest absolute Gasteiger partial charge is 0.319 e. The summed E-state index contributed by atoms with van der Waals surface area (Å²) in [6, 6.07) is 0. The summed E-state index contributed by atoms with van der Waals surface area (Å²) in [4.78, 5) is 0. The van der Waals surface area contributed by atoms with Gasteiger partial charge < -0.3 is 10.3 Å². The van der Waals surface area contributed by atoms with Crippen LogP contribution in [0, 0.1) is 0 Å². The van der Waals surface area contributed by atoms with E-state index in [0.717, 1.165) is 25.2 Å². The van der Waals surface area contributed by atoms with Crippen molar-refractivity contribution in [3.8, 4) is 0 Å². The van der Waals surface area contributed by atoms with E-state index in [4.69, 9.17) is 5.73 Å². The maximum Gasteiger partial charge on any atom is 0.152 e. The first kappa shape index (κ1) is 10.2. The zero-order valence-electron chi connectivity index (χ0n) is 8.62. The average Bonchev–Trinajstić information content (AvgIpc) is 2.65. The van der Waals surface area contributed by atoms with Crippen molar-refractivity contribution in [1.82, 2.24) is 14.8 Å². The zero-order valence-corrected chi connectivity index (χ0v) is 8.62. The summed E-state index contributed by atoms with van der Waals surface area (Å²) in [5.41, 5.74) is 5.90. The highest BCUT2D eigenvalue weighted by atomic mass is 15.3. The van der Waals surface area contributed by atoms with E-state index in [1.165, 1.54) is 0 Å². The van der Waals surface area contributed by atoms with Crippen LogP contribution in [0.15, 0.2) is 6.33 Å². The molecule has 1 aromatic heterocycles. The smallest absolute Gasteiger partial charge is 0.152 e. The third kappa shape index (κ3) is 1.72.